The molecule has 232 valence electrons. The quantitative estimate of drug-likeness (QED) is 0.227. The monoisotopic (exact) mass is 640 g/mol. The van der Waals surface area contributed by atoms with E-state index in [1.807, 2.05) is 5.32 Å². The number of nitrogens with zero attached hydrogens (tertiary/aromatic N) is 6. The SMILES string of the molecule is Cc1nn(-c2ncc(NC(=O)c3cnn(-c4ccc5c6c(cccc46)C(=O)N5)c3C(F)(F)F)cc2C(F)(F)F)nc1C(F)(F)F. The van der Waals surface area contributed by atoms with Crippen LogP contribution in [-0.2, 0) is 18.5 Å². The van der Waals surface area contributed by atoms with Gasteiger partial charge in [-0.15, -0.1) is 9.90 Å². The Kier molecular flexibility index (Phi) is 6.41. The molecule has 0 aliphatic carbocycles. The summed E-state index contributed by atoms with van der Waals surface area (Å²) in [7, 11) is 0. The van der Waals surface area contributed by atoms with Crippen LogP contribution in [0.2, 0.25) is 0 Å². The second-order valence-corrected chi connectivity index (χ2v) is 9.60. The third kappa shape index (κ3) is 4.98. The lowest BCUT2D eigenvalue weighted by Gasteiger charge is -2.15. The molecule has 19 heteroatoms. The number of rotatable bonds is 4. The second kappa shape index (κ2) is 9.76. The van der Waals surface area contributed by atoms with Gasteiger partial charge in [0.1, 0.15) is 5.56 Å². The highest BCUT2D eigenvalue weighted by atomic mass is 19.4. The molecule has 0 radical (unpaired) electrons. The molecule has 0 unspecified atom stereocenters. The van der Waals surface area contributed by atoms with Gasteiger partial charge in [-0.2, -0.15) is 49.7 Å². The molecule has 1 aliphatic heterocycles. The molecule has 5 aromatic rings. The van der Waals surface area contributed by atoms with Gasteiger partial charge in [-0.1, -0.05) is 12.1 Å². The Balaban J connectivity index is 1.40. The molecule has 0 spiro atoms. The van der Waals surface area contributed by atoms with E-state index in [0.717, 1.165) is 6.92 Å². The number of carbonyl (C=O) groups is 2. The van der Waals surface area contributed by atoms with Crippen molar-refractivity contribution in [2.45, 2.75) is 25.5 Å². The standard InChI is InChI=1S/C26H13F9N8O2/c1-10-19(25(30,31)32)41-43(40-10)21-15(24(27,28)29)7-11(8-36-21)38-23(45)14-9-37-42(20(14)26(33,34)35)17-6-5-16-18-12(17)3-2-4-13(18)22(44)39-16/h2-9H,1H3,(H,38,45)(H,39,44). The van der Waals surface area contributed by atoms with E-state index >= 15 is 0 Å². The highest BCUT2D eigenvalue weighted by Gasteiger charge is 2.42. The molecule has 0 bridgehead atoms. The lowest BCUT2D eigenvalue weighted by Crippen LogP contribution is -2.21. The largest absolute Gasteiger partial charge is 0.437 e. The van der Waals surface area contributed by atoms with E-state index in [-0.39, 0.29) is 27.5 Å². The maximum atomic E-state index is 14.4. The maximum Gasteiger partial charge on any atom is 0.437 e. The minimum atomic E-state index is -5.27. The summed E-state index contributed by atoms with van der Waals surface area (Å²) in [6.07, 6.45) is -14.4. The van der Waals surface area contributed by atoms with Crippen LogP contribution in [-0.4, -0.2) is 41.6 Å². The van der Waals surface area contributed by atoms with E-state index in [9.17, 15) is 49.1 Å². The summed E-state index contributed by atoms with van der Waals surface area (Å²) in [5.74, 6) is -3.17. The topological polar surface area (TPSA) is 120 Å². The molecule has 0 saturated heterocycles. The van der Waals surface area contributed by atoms with E-state index in [2.05, 4.69) is 25.6 Å². The first kappa shape index (κ1) is 29.6. The van der Waals surface area contributed by atoms with Crippen molar-refractivity contribution in [1.29, 1.82) is 0 Å². The van der Waals surface area contributed by atoms with Crippen LogP contribution in [0.4, 0.5) is 50.9 Å². The normalized spacial score (nSPS) is 13.4. The predicted molar refractivity (Wildman–Crippen MR) is 136 cm³/mol. The highest BCUT2D eigenvalue weighted by molar-refractivity contribution is 6.25. The van der Waals surface area contributed by atoms with Crippen molar-refractivity contribution >= 4 is 34.0 Å². The number of alkyl halides is 9. The third-order valence-corrected chi connectivity index (χ3v) is 6.69. The maximum absolute atomic E-state index is 14.4. The second-order valence-electron chi connectivity index (χ2n) is 9.60. The number of benzene rings is 2. The average molecular weight is 640 g/mol. The van der Waals surface area contributed by atoms with Gasteiger partial charge in [0.2, 0.25) is 0 Å². The Morgan fingerprint density at radius 2 is 1.64 bits per heavy atom. The molecular weight excluding hydrogens is 627 g/mol. The van der Waals surface area contributed by atoms with Gasteiger partial charge in [0.25, 0.3) is 11.8 Å². The van der Waals surface area contributed by atoms with Crippen molar-refractivity contribution in [1.82, 2.24) is 29.8 Å². The summed E-state index contributed by atoms with van der Waals surface area (Å²) in [5.41, 5.74) is -6.98. The molecule has 0 atom stereocenters. The van der Waals surface area contributed by atoms with Gasteiger partial charge in [0, 0.05) is 22.0 Å². The first-order chi connectivity index (χ1) is 20.9. The lowest BCUT2D eigenvalue weighted by atomic mass is 10.0. The number of hydrogen-bond acceptors (Lipinski definition) is 6. The molecule has 3 aromatic heterocycles. The molecule has 2 aromatic carbocycles. The molecule has 1 aliphatic rings. The zero-order valence-corrected chi connectivity index (χ0v) is 22.0. The number of nitrogens with one attached hydrogen (secondary N) is 2. The van der Waals surface area contributed by atoms with Crippen molar-refractivity contribution in [3.8, 4) is 11.5 Å². The van der Waals surface area contributed by atoms with E-state index < -0.39 is 70.1 Å². The Morgan fingerprint density at radius 3 is 2.29 bits per heavy atom. The Labute approximate surface area is 243 Å². The summed E-state index contributed by atoms with van der Waals surface area (Å²) >= 11 is 0. The number of aromatic nitrogens is 6. The fourth-order valence-corrected chi connectivity index (χ4v) is 4.86. The van der Waals surface area contributed by atoms with Gasteiger partial charge in [-0.3, -0.25) is 9.59 Å². The minimum absolute atomic E-state index is 0.0134. The lowest BCUT2D eigenvalue weighted by molar-refractivity contribution is -0.143. The number of halogens is 9. The molecule has 0 saturated carbocycles. The summed E-state index contributed by atoms with van der Waals surface area (Å²) in [4.78, 5) is 28.7. The minimum Gasteiger partial charge on any atom is -0.321 e. The predicted octanol–water partition coefficient (Wildman–Crippen LogP) is 6.18. The highest BCUT2D eigenvalue weighted by Crippen LogP contribution is 2.40. The van der Waals surface area contributed by atoms with Crippen molar-refractivity contribution < 1.29 is 49.1 Å². The summed E-state index contributed by atoms with van der Waals surface area (Å²) in [6, 6.07) is 7.21. The Morgan fingerprint density at radius 1 is 0.911 bits per heavy atom. The van der Waals surface area contributed by atoms with Gasteiger partial charge < -0.3 is 10.6 Å². The van der Waals surface area contributed by atoms with Crippen molar-refractivity contribution in [3.05, 3.63) is 82.6 Å². The molecule has 6 rings (SSSR count). The van der Waals surface area contributed by atoms with Crippen LogP contribution >= 0.6 is 0 Å². The molecule has 4 heterocycles. The van der Waals surface area contributed by atoms with Crippen LogP contribution in [0.5, 0.6) is 0 Å². The first-order valence-corrected chi connectivity index (χ1v) is 12.4. The molecule has 10 nitrogen and oxygen atoms in total. The fraction of sp³-hybridized carbons (Fsp3) is 0.154. The van der Waals surface area contributed by atoms with Crippen LogP contribution < -0.4 is 10.6 Å². The number of anilines is 2. The van der Waals surface area contributed by atoms with E-state index in [1.54, 1.807) is 0 Å². The summed E-state index contributed by atoms with van der Waals surface area (Å²) in [6.45, 7) is 0.868. The van der Waals surface area contributed by atoms with Gasteiger partial charge >= 0.3 is 18.5 Å². The average Bonchev–Trinajstić information content (AvgIpc) is 3.64. The zero-order chi connectivity index (χ0) is 32.6. The summed E-state index contributed by atoms with van der Waals surface area (Å²) in [5, 5.41) is 15.1. The van der Waals surface area contributed by atoms with Crippen molar-refractivity contribution in [2.24, 2.45) is 0 Å². The number of amides is 2. The molecular formula is C26H13F9N8O2. The fourth-order valence-electron chi connectivity index (χ4n) is 4.86. The van der Waals surface area contributed by atoms with Crippen LogP contribution in [0.25, 0.3) is 22.3 Å². The Bertz CT molecular complexity index is 2040. The molecule has 2 N–H and O–H groups in total. The Hall–Kier alpha value is -5.49. The number of pyridine rings is 1. The van der Waals surface area contributed by atoms with E-state index in [4.69, 9.17) is 0 Å². The van der Waals surface area contributed by atoms with Gasteiger partial charge in [0.05, 0.1) is 35.0 Å². The smallest absolute Gasteiger partial charge is 0.321 e. The summed E-state index contributed by atoms with van der Waals surface area (Å²) < 4.78 is 125. The van der Waals surface area contributed by atoms with Gasteiger partial charge in [-0.05, 0) is 31.2 Å². The number of carbonyl (C=O) groups excluding carboxylic acids is 2. The number of hydrogen-bond donors (Lipinski definition) is 2. The zero-order valence-electron chi connectivity index (χ0n) is 22.0. The number of aryl methyl sites for hydroxylation is 1. The van der Waals surface area contributed by atoms with Gasteiger partial charge in [0.15, 0.2) is 17.2 Å². The van der Waals surface area contributed by atoms with Crippen LogP contribution in [0.15, 0.2) is 48.8 Å². The van der Waals surface area contributed by atoms with E-state index in [1.165, 1.54) is 30.3 Å². The van der Waals surface area contributed by atoms with E-state index in [0.29, 0.717) is 28.1 Å². The first-order valence-electron chi connectivity index (χ1n) is 12.4. The van der Waals surface area contributed by atoms with Crippen molar-refractivity contribution in [3.63, 3.8) is 0 Å². The van der Waals surface area contributed by atoms with Crippen LogP contribution in [0, 0.1) is 6.92 Å². The molecule has 0 fully saturated rings. The van der Waals surface area contributed by atoms with Crippen molar-refractivity contribution in [2.75, 3.05) is 10.6 Å². The van der Waals surface area contributed by atoms with Crippen LogP contribution in [0.3, 0.4) is 0 Å². The van der Waals surface area contributed by atoms with Crippen LogP contribution in [0.1, 0.15) is 43.4 Å². The van der Waals surface area contributed by atoms with Gasteiger partial charge in [-0.25, -0.2) is 9.67 Å². The molecule has 45 heavy (non-hydrogen) atoms. The molecule has 2 amide bonds. The third-order valence-electron chi connectivity index (χ3n) is 6.69.